The fourth-order valence-electron chi connectivity index (χ4n) is 0.518. The number of nitrogens with two attached hydrogens (primary N) is 1. The molecule has 0 fully saturated rings. The largest absolute Gasteiger partial charge is 0.470 e. The van der Waals surface area contributed by atoms with E-state index in [0.29, 0.717) is 0 Å². The molecular weight excluding hydrogens is 260 g/mol. The highest BCUT2D eigenvalue weighted by Gasteiger charge is 2.30. The van der Waals surface area contributed by atoms with Crippen molar-refractivity contribution in [1.82, 2.24) is 0 Å². The van der Waals surface area contributed by atoms with E-state index in [0.717, 1.165) is 0 Å². The van der Waals surface area contributed by atoms with Gasteiger partial charge in [0.15, 0.2) is 19.1 Å². The van der Waals surface area contributed by atoms with E-state index in [4.69, 9.17) is 5.73 Å². The summed E-state index contributed by atoms with van der Waals surface area (Å²) in [6.07, 6.45) is -9.23. The fourth-order valence-corrected chi connectivity index (χ4v) is 0.518. The van der Waals surface area contributed by atoms with Crippen molar-refractivity contribution in [2.75, 3.05) is 13.2 Å². The third-order valence-electron chi connectivity index (χ3n) is 1.04. The SMILES string of the molecule is N/C(=C\C(=O)OCC(F)(F)F)OCC(F)(F)F. The highest BCUT2D eigenvalue weighted by Crippen LogP contribution is 2.16. The molecule has 0 bridgehead atoms. The Balaban J connectivity index is 4.08. The Morgan fingerprint density at radius 2 is 1.41 bits per heavy atom. The smallest absolute Gasteiger partial charge is 0.422 e. The van der Waals surface area contributed by atoms with Gasteiger partial charge in [0.05, 0.1) is 6.08 Å². The van der Waals surface area contributed by atoms with Gasteiger partial charge in [-0.2, -0.15) is 26.3 Å². The predicted octanol–water partition coefficient (Wildman–Crippen LogP) is 1.47. The van der Waals surface area contributed by atoms with Gasteiger partial charge in [-0.25, -0.2) is 4.79 Å². The summed E-state index contributed by atoms with van der Waals surface area (Å²) in [5.74, 6) is -2.54. The van der Waals surface area contributed by atoms with Crippen LogP contribution < -0.4 is 5.73 Å². The molecule has 0 aromatic carbocycles. The zero-order valence-electron chi connectivity index (χ0n) is 8.06. The molecule has 0 aliphatic heterocycles. The van der Waals surface area contributed by atoms with Crippen molar-refractivity contribution >= 4 is 5.97 Å². The summed E-state index contributed by atoms with van der Waals surface area (Å²) in [5, 5.41) is 0. The molecule has 0 amide bonds. The number of carbonyl (C=O) groups excluding carboxylic acids is 1. The molecule has 0 heterocycles. The summed E-state index contributed by atoms with van der Waals surface area (Å²) in [6, 6.07) is 0. The lowest BCUT2D eigenvalue weighted by molar-refractivity contribution is -0.183. The van der Waals surface area contributed by atoms with Crippen molar-refractivity contribution in [2.24, 2.45) is 5.73 Å². The van der Waals surface area contributed by atoms with Crippen LogP contribution in [0.5, 0.6) is 0 Å². The molecule has 0 saturated heterocycles. The van der Waals surface area contributed by atoms with Gasteiger partial charge in [0.25, 0.3) is 0 Å². The summed E-state index contributed by atoms with van der Waals surface area (Å²) in [4.78, 5) is 10.6. The molecule has 0 aliphatic rings. The normalized spacial score (nSPS) is 13.4. The third-order valence-corrected chi connectivity index (χ3v) is 1.04. The third kappa shape index (κ3) is 10.7. The lowest BCUT2D eigenvalue weighted by atomic mass is 10.5. The van der Waals surface area contributed by atoms with Crippen molar-refractivity contribution in [3.8, 4) is 0 Å². The van der Waals surface area contributed by atoms with E-state index >= 15 is 0 Å². The molecule has 0 rings (SSSR count). The number of esters is 1. The molecule has 4 nitrogen and oxygen atoms in total. The second kappa shape index (κ2) is 5.64. The first-order valence-corrected chi connectivity index (χ1v) is 3.90. The van der Waals surface area contributed by atoms with Gasteiger partial charge in [0, 0.05) is 0 Å². The zero-order valence-corrected chi connectivity index (χ0v) is 8.06. The molecule has 10 heteroatoms. The summed E-state index contributed by atoms with van der Waals surface area (Å²) in [5.41, 5.74) is 4.78. The zero-order chi connectivity index (χ0) is 13.7. The van der Waals surface area contributed by atoms with E-state index in [1.54, 1.807) is 0 Å². The molecular formula is C7H7F6NO3. The molecule has 0 unspecified atom stereocenters. The molecule has 0 aromatic rings. The van der Waals surface area contributed by atoms with Crippen LogP contribution in [0.3, 0.4) is 0 Å². The lowest BCUT2D eigenvalue weighted by Gasteiger charge is -2.09. The highest BCUT2D eigenvalue weighted by molar-refractivity contribution is 5.82. The molecule has 17 heavy (non-hydrogen) atoms. The van der Waals surface area contributed by atoms with Gasteiger partial charge >= 0.3 is 18.3 Å². The summed E-state index contributed by atoms with van der Waals surface area (Å²) in [6.45, 7) is -3.63. The minimum absolute atomic E-state index is 0.178. The first-order chi connectivity index (χ1) is 7.49. The molecule has 0 spiro atoms. The van der Waals surface area contributed by atoms with E-state index in [9.17, 15) is 31.1 Å². The Kier molecular flexibility index (Phi) is 5.10. The highest BCUT2D eigenvalue weighted by atomic mass is 19.4. The van der Waals surface area contributed by atoms with Crippen molar-refractivity contribution in [3.63, 3.8) is 0 Å². The van der Waals surface area contributed by atoms with Crippen LogP contribution in [0, 0.1) is 0 Å². The molecule has 0 saturated carbocycles. The first kappa shape index (κ1) is 15.4. The van der Waals surface area contributed by atoms with Crippen molar-refractivity contribution in [3.05, 3.63) is 12.0 Å². The van der Waals surface area contributed by atoms with Gasteiger partial charge < -0.3 is 15.2 Å². The number of rotatable bonds is 4. The van der Waals surface area contributed by atoms with Crippen LogP contribution in [-0.2, 0) is 14.3 Å². The van der Waals surface area contributed by atoms with E-state index in [-0.39, 0.29) is 6.08 Å². The van der Waals surface area contributed by atoms with Gasteiger partial charge in [0.2, 0.25) is 0 Å². The Labute approximate surface area is 91.0 Å². The first-order valence-electron chi connectivity index (χ1n) is 3.90. The molecule has 2 N–H and O–H groups in total. The maximum atomic E-state index is 11.6. The standard InChI is InChI=1S/C7H7F6NO3/c8-6(9,10)2-16-4(14)1-5(15)17-3-7(11,12)13/h1H,2-3,14H2/b4-1+. The maximum absolute atomic E-state index is 11.6. The van der Waals surface area contributed by atoms with E-state index < -0.39 is 37.4 Å². The molecule has 0 aliphatic carbocycles. The number of halogens is 6. The van der Waals surface area contributed by atoms with Crippen molar-refractivity contribution in [2.45, 2.75) is 12.4 Å². The van der Waals surface area contributed by atoms with Gasteiger partial charge in [-0.15, -0.1) is 0 Å². The van der Waals surface area contributed by atoms with Crippen LogP contribution in [0.4, 0.5) is 26.3 Å². The number of ether oxygens (including phenoxy) is 2. The fraction of sp³-hybridized carbons (Fsp3) is 0.571. The summed E-state index contributed by atoms with van der Waals surface area (Å²) < 4.78 is 76.9. The van der Waals surface area contributed by atoms with E-state index in [1.807, 2.05) is 0 Å². The van der Waals surface area contributed by atoms with Crippen LogP contribution in [-0.4, -0.2) is 31.5 Å². The average molecular weight is 267 g/mol. The Bertz CT molecular complexity index is 295. The maximum Gasteiger partial charge on any atom is 0.422 e. The molecule has 0 radical (unpaired) electrons. The quantitative estimate of drug-likeness (QED) is 0.362. The van der Waals surface area contributed by atoms with Crippen LogP contribution in [0.25, 0.3) is 0 Å². The van der Waals surface area contributed by atoms with Crippen LogP contribution in [0.15, 0.2) is 12.0 Å². The summed E-state index contributed by atoms with van der Waals surface area (Å²) >= 11 is 0. The topological polar surface area (TPSA) is 61.6 Å². The van der Waals surface area contributed by atoms with Crippen molar-refractivity contribution < 1.29 is 40.6 Å². The minimum Gasteiger partial charge on any atom is -0.470 e. The number of hydrogen-bond donors (Lipinski definition) is 1. The van der Waals surface area contributed by atoms with Crippen LogP contribution in [0.2, 0.25) is 0 Å². The van der Waals surface area contributed by atoms with Crippen LogP contribution >= 0.6 is 0 Å². The predicted molar refractivity (Wildman–Crippen MR) is 41.3 cm³/mol. The number of carbonyl (C=O) groups is 1. The Morgan fingerprint density at radius 3 is 1.82 bits per heavy atom. The molecule has 0 aromatic heterocycles. The Hall–Kier alpha value is -1.61. The average Bonchev–Trinajstić information content (AvgIpc) is 2.09. The van der Waals surface area contributed by atoms with Gasteiger partial charge in [0.1, 0.15) is 0 Å². The number of hydrogen-bond acceptors (Lipinski definition) is 4. The summed E-state index contributed by atoms with van der Waals surface area (Å²) in [7, 11) is 0. The van der Waals surface area contributed by atoms with E-state index in [2.05, 4.69) is 9.47 Å². The van der Waals surface area contributed by atoms with Crippen molar-refractivity contribution in [1.29, 1.82) is 0 Å². The van der Waals surface area contributed by atoms with E-state index in [1.165, 1.54) is 0 Å². The molecule has 0 atom stereocenters. The number of alkyl halides is 6. The minimum atomic E-state index is -4.73. The Morgan fingerprint density at radius 1 is 1.00 bits per heavy atom. The van der Waals surface area contributed by atoms with Gasteiger partial charge in [-0.3, -0.25) is 0 Å². The second-order valence-corrected chi connectivity index (χ2v) is 2.67. The lowest BCUT2D eigenvalue weighted by Crippen LogP contribution is -2.22. The second-order valence-electron chi connectivity index (χ2n) is 2.67. The van der Waals surface area contributed by atoms with Crippen LogP contribution in [0.1, 0.15) is 0 Å². The monoisotopic (exact) mass is 267 g/mol. The molecule has 100 valence electrons. The van der Waals surface area contributed by atoms with Gasteiger partial charge in [-0.05, 0) is 0 Å². The van der Waals surface area contributed by atoms with Gasteiger partial charge in [-0.1, -0.05) is 0 Å².